The summed E-state index contributed by atoms with van der Waals surface area (Å²) in [5, 5.41) is 8.86. The molecule has 20 heavy (non-hydrogen) atoms. The van der Waals surface area contributed by atoms with Crippen LogP contribution in [-0.2, 0) is 0 Å². The van der Waals surface area contributed by atoms with Crippen molar-refractivity contribution in [2.45, 2.75) is 12.8 Å². The van der Waals surface area contributed by atoms with Crippen LogP contribution in [0.2, 0.25) is 0 Å². The second-order valence-corrected chi connectivity index (χ2v) is 4.50. The van der Waals surface area contributed by atoms with Gasteiger partial charge in [0, 0.05) is 6.61 Å². The number of benzene rings is 2. The van der Waals surface area contributed by atoms with Crippen LogP contribution in [0.1, 0.15) is 24.0 Å². The minimum Gasteiger partial charge on any atom is -0.396 e. The molecule has 104 valence electrons. The Morgan fingerprint density at radius 3 is 1.70 bits per heavy atom. The highest BCUT2D eigenvalue weighted by atomic mass is 19.1. The maximum Gasteiger partial charge on any atom is 0.123 e. The number of unbranched alkanes of at least 4 members (excludes halogenated alkanes) is 1. The van der Waals surface area contributed by atoms with Crippen molar-refractivity contribution in [3.63, 3.8) is 0 Å². The highest BCUT2D eigenvalue weighted by Crippen LogP contribution is 2.24. The molecule has 0 saturated carbocycles. The van der Waals surface area contributed by atoms with E-state index in [9.17, 15) is 8.78 Å². The van der Waals surface area contributed by atoms with Crippen molar-refractivity contribution in [3.05, 3.63) is 77.4 Å². The summed E-state index contributed by atoms with van der Waals surface area (Å²) in [5.41, 5.74) is 2.66. The van der Waals surface area contributed by atoms with Crippen LogP contribution in [0.3, 0.4) is 0 Å². The molecule has 2 aromatic carbocycles. The number of allylic oxidation sites excluding steroid dienone is 1. The maximum absolute atomic E-state index is 13.0. The average Bonchev–Trinajstić information content (AvgIpc) is 2.46. The van der Waals surface area contributed by atoms with Gasteiger partial charge in [-0.2, -0.15) is 0 Å². The molecule has 0 unspecified atom stereocenters. The Morgan fingerprint density at radius 1 is 0.850 bits per heavy atom. The van der Waals surface area contributed by atoms with Crippen LogP contribution in [-0.4, -0.2) is 11.7 Å². The molecule has 0 aliphatic rings. The summed E-state index contributed by atoms with van der Waals surface area (Å²) in [5.74, 6) is -0.579. The molecule has 1 N–H and O–H groups in total. The first-order valence-corrected chi connectivity index (χ1v) is 6.53. The van der Waals surface area contributed by atoms with E-state index >= 15 is 0 Å². The van der Waals surface area contributed by atoms with Gasteiger partial charge in [-0.05, 0) is 53.8 Å². The minimum absolute atomic E-state index is 0.122. The van der Waals surface area contributed by atoms with Gasteiger partial charge in [-0.3, -0.25) is 0 Å². The zero-order valence-corrected chi connectivity index (χ0v) is 11.0. The van der Waals surface area contributed by atoms with Crippen molar-refractivity contribution in [1.82, 2.24) is 0 Å². The van der Waals surface area contributed by atoms with E-state index < -0.39 is 0 Å². The van der Waals surface area contributed by atoms with Gasteiger partial charge >= 0.3 is 0 Å². The van der Waals surface area contributed by atoms with Gasteiger partial charge in [0.2, 0.25) is 0 Å². The van der Waals surface area contributed by atoms with Crippen molar-refractivity contribution < 1.29 is 13.9 Å². The zero-order valence-electron chi connectivity index (χ0n) is 11.0. The van der Waals surface area contributed by atoms with Crippen LogP contribution in [0.4, 0.5) is 8.78 Å². The van der Waals surface area contributed by atoms with Crippen molar-refractivity contribution in [2.75, 3.05) is 6.61 Å². The van der Waals surface area contributed by atoms with E-state index in [2.05, 4.69) is 0 Å². The van der Waals surface area contributed by atoms with Gasteiger partial charge in [0.15, 0.2) is 0 Å². The lowest BCUT2D eigenvalue weighted by atomic mass is 9.96. The maximum atomic E-state index is 13.0. The molecule has 0 saturated heterocycles. The van der Waals surface area contributed by atoms with Gasteiger partial charge in [0.25, 0.3) is 0 Å². The fourth-order valence-electron chi connectivity index (χ4n) is 2.00. The van der Waals surface area contributed by atoms with Gasteiger partial charge in [-0.25, -0.2) is 8.78 Å². The number of hydrogen-bond donors (Lipinski definition) is 1. The summed E-state index contributed by atoms with van der Waals surface area (Å²) in [6.07, 6.45) is 3.35. The largest absolute Gasteiger partial charge is 0.396 e. The van der Waals surface area contributed by atoms with Crippen LogP contribution >= 0.6 is 0 Å². The van der Waals surface area contributed by atoms with Gasteiger partial charge < -0.3 is 5.11 Å². The summed E-state index contributed by atoms with van der Waals surface area (Å²) in [6, 6.07) is 12.4. The fraction of sp³-hybridized carbons (Fsp3) is 0.176. The lowest BCUT2D eigenvalue weighted by Gasteiger charge is -2.09. The summed E-state index contributed by atoms with van der Waals surface area (Å²) < 4.78 is 26.0. The van der Waals surface area contributed by atoms with E-state index in [1.54, 1.807) is 24.3 Å². The Hall–Kier alpha value is -2.00. The molecular weight excluding hydrogens is 258 g/mol. The first-order valence-electron chi connectivity index (χ1n) is 6.53. The summed E-state index contributed by atoms with van der Waals surface area (Å²) in [6.45, 7) is 0.122. The molecule has 0 atom stereocenters. The number of aliphatic hydroxyl groups excluding tert-OH is 1. The standard InChI is InChI=1S/C17H16F2O/c18-15-8-4-13(5-9-15)17(3-1-2-12-20)14-6-10-16(19)11-7-14/h3-11,20H,1-2,12H2. The molecule has 0 bridgehead atoms. The molecule has 0 heterocycles. The van der Waals surface area contributed by atoms with Gasteiger partial charge in [0.05, 0.1) is 0 Å². The van der Waals surface area contributed by atoms with Crippen LogP contribution in [0.5, 0.6) is 0 Å². The van der Waals surface area contributed by atoms with E-state index in [0.717, 1.165) is 16.7 Å². The molecule has 0 radical (unpaired) electrons. The Bertz CT molecular complexity index is 523. The third-order valence-corrected chi connectivity index (χ3v) is 3.02. The normalized spacial score (nSPS) is 10.3. The lowest BCUT2D eigenvalue weighted by molar-refractivity contribution is 0.289. The average molecular weight is 274 g/mol. The monoisotopic (exact) mass is 274 g/mol. The first-order chi connectivity index (χ1) is 9.70. The quantitative estimate of drug-likeness (QED) is 0.811. The van der Waals surface area contributed by atoms with Crippen molar-refractivity contribution in [3.8, 4) is 0 Å². The summed E-state index contributed by atoms with van der Waals surface area (Å²) in [7, 11) is 0. The molecule has 3 heteroatoms. The Kier molecular flexibility index (Phi) is 5.02. The summed E-state index contributed by atoms with van der Waals surface area (Å²) >= 11 is 0. The molecule has 0 aliphatic carbocycles. The number of aliphatic hydroxyl groups is 1. The highest BCUT2D eigenvalue weighted by Gasteiger charge is 2.05. The molecule has 0 fully saturated rings. The third-order valence-electron chi connectivity index (χ3n) is 3.02. The molecule has 2 rings (SSSR count). The molecule has 1 nitrogen and oxygen atoms in total. The topological polar surface area (TPSA) is 20.2 Å². The number of rotatable bonds is 5. The van der Waals surface area contributed by atoms with E-state index in [1.165, 1.54) is 24.3 Å². The van der Waals surface area contributed by atoms with Crippen LogP contribution < -0.4 is 0 Å². The molecule has 0 amide bonds. The van der Waals surface area contributed by atoms with E-state index in [0.29, 0.717) is 12.8 Å². The van der Waals surface area contributed by atoms with Gasteiger partial charge in [0.1, 0.15) is 11.6 Å². The smallest absolute Gasteiger partial charge is 0.123 e. The molecule has 0 aliphatic heterocycles. The van der Waals surface area contributed by atoms with E-state index in [-0.39, 0.29) is 18.2 Å². The lowest BCUT2D eigenvalue weighted by Crippen LogP contribution is -1.90. The fourth-order valence-corrected chi connectivity index (χ4v) is 2.00. The van der Waals surface area contributed by atoms with E-state index in [1.807, 2.05) is 6.08 Å². The number of hydrogen-bond acceptors (Lipinski definition) is 1. The minimum atomic E-state index is -0.289. The molecule has 0 spiro atoms. The van der Waals surface area contributed by atoms with E-state index in [4.69, 9.17) is 5.11 Å². The molecule has 0 aromatic heterocycles. The Labute approximate surface area is 117 Å². The molecule has 2 aromatic rings. The van der Waals surface area contributed by atoms with Crippen molar-refractivity contribution in [2.24, 2.45) is 0 Å². The second-order valence-electron chi connectivity index (χ2n) is 4.50. The second kappa shape index (κ2) is 6.96. The van der Waals surface area contributed by atoms with Crippen LogP contribution in [0, 0.1) is 11.6 Å². The SMILES string of the molecule is OCCCC=C(c1ccc(F)cc1)c1ccc(F)cc1. The zero-order chi connectivity index (χ0) is 14.4. The predicted octanol–water partition coefficient (Wildman–Crippen LogP) is 4.17. The Morgan fingerprint density at radius 2 is 1.30 bits per heavy atom. The van der Waals surface area contributed by atoms with Crippen LogP contribution in [0.25, 0.3) is 5.57 Å². The third kappa shape index (κ3) is 3.75. The van der Waals surface area contributed by atoms with Crippen LogP contribution in [0.15, 0.2) is 54.6 Å². The summed E-state index contributed by atoms with van der Waals surface area (Å²) in [4.78, 5) is 0. The van der Waals surface area contributed by atoms with Gasteiger partial charge in [-0.15, -0.1) is 0 Å². The van der Waals surface area contributed by atoms with Crippen molar-refractivity contribution in [1.29, 1.82) is 0 Å². The highest BCUT2D eigenvalue weighted by molar-refractivity contribution is 5.79. The van der Waals surface area contributed by atoms with Gasteiger partial charge in [-0.1, -0.05) is 30.3 Å². The van der Waals surface area contributed by atoms with Crippen molar-refractivity contribution >= 4 is 5.57 Å². The predicted molar refractivity (Wildman–Crippen MR) is 76.2 cm³/mol. The molecular formula is C17H16F2O. The Balaban J connectivity index is 2.36. The first kappa shape index (κ1) is 14.4. The number of halogens is 2.